The number of aliphatic carboxylic acids is 1. The van der Waals surface area contributed by atoms with Gasteiger partial charge in [0.25, 0.3) is 5.91 Å². The first kappa shape index (κ1) is 17.7. The molecule has 1 aliphatic carbocycles. The smallest absolute Gasteiger partial charge is 0.343 e. The van der Waals surface area contributed by atoms with Crippen molar-refractivity contribution in [1.82, 2.24) is 14.7 Å². The number of hydrogen-bond acceptors (Lipinski definition) is 3. The molecule has 142 valence electrons. The summed E-state index contributed by atoms with van der Waals surface area (Å²) in [6.07, 6.45) is 3.31. The second-order valence-corrected chi connectivity index (χ2v) is 7.31. The van der Waals surface area contributed by atoms with Crippen LogP contribution in [0.1, 0.15) is 47.1 Å². The van der Waals surface area contributed by atoms with Crippen LogP contribution in [-0.2, 0) is 24.1 Å². The standard InChI is InChI=1S/C20H22FN3O3/c1-2-13-6-8-14(9-7-13)24-16-5-3-4-15(16)17(22-24)18(25)23-11-10-20(21,12-23)19(26)27/h6-9H,2-5,10-12H2,1H3,(H,26,27). The molecule has 1 atom stereocenters. The third-order valence-electron chi connectivity index (χ3n) is 5.61. The minimum absolute atomic E-state index is 0.0917. The summed E-state index contributed by atoms with van der Waals surface area (Å²) in [4.78, 5) is 25.4. The number of fused-ring (bicyclic) bond motifs is 1. The average Bonchev–Trinajstić information content (AvgIpc) is 3.37. The normalized spacial score (nSPS) is 21.5. The number of alkyl halides is 1. The van der Waals surface area contributed by atoms with Crippen LogP contribution in [0.5, 0.6) is 0 Å². The van der Waals surface area contributed by atoms with E-state index in [1.807, 2.05) is 28.9 Å². The van der Waals surface area contributed by atoms with Gasteiger partial charge in [-0.3, -0.25) is 4.79 Å². The molecule has 1 fully saturated rings. The zero-order valence-electron chi connectivity index (χ0n) is 15.2. The van der Waals surface area contributed by atoms with Gasteiger partial charge in [-0.05, 0) is 43.4 Å². The van der Waals surface area contributed by atoms with Crippen LogP contribution in [0.2, 0.25) is 0 Å². The Bertz CT molecular complexity index is 906. The van der Waals surface area contributed by atoms with Gasteiger partial charge >= 0.3 is 5.97 Å². The van der Waals surface area contributed by atoms with E-state index in [1.54, 1.807) is 0 Å². The minimum atomic E-state index is -2.36. The van der Waals surface area contributed by atoms with E-state index < -0.39 is 18.2 Å². The van der Waals surface area contributed by atoms with E-state index in [2.05, 4.69) is 12.0 Å². The Morgan fingerprint density at radius 3 is 2.63 bits per heavy atom. The van der Waals surface area contributed by atoms with Crippen molar-refractivity contribution in [3.63, 3.8) is 0 Å². The summed E-state index contributed by atoms with van der Waals surface area (Å²) < 4.78 is 16.2. The van der Waals surface area contributed by atoms with Gasteiger partial charge in [0.15, 0.2) is 5.69 Å². The van der Waals surface area contributed by atoms with Crippen molar-refractivity contribution in [2.24, 2.45) is 0 Å². The summed E-state index contributed by atoms with van der Waals surface area (Å²) in [6.45, 7) is 1.76. The Morgan fingerprint density at radius 2 is 2.00 bits per heavy atom. The molecule has 1 aliphatic heterocycles. The van der Waals surface area contributed by atoms with Crippen LogP contribution in [0.25, 0.3) is 5.69 Å². The highest BCUT2D eigenvalue weighted by molar-refractivity contribution is 5.95. The van der Waals surface area contributed by atoms with Gasteiger partial charge in [0.1, 0.15) is 0 Å². The van der Waals surface area contributed by atoms with E-state index >= 15 is 0 Å². The molecular formula is C20H22FN3O3. The van der Waals surface area contributed by atoms with Gasteiger partial charge in [-0.15, -0.1) is 0 Å². The number of carboxylic acids is 1. The first-order valence-corrected chi connectivity index (χ1v) is 9.34. The molecule has 7 heteroatoms. The predicted molar refractivity (Wildman–Crippen MR) is 97.0 cm³/mol. The Balaban J connectivity index is 1.66. The lowest BCUT2D eigenvalue weighted by atomic mass is 10.1. The van der Waals surface area contributed by atoms with E-state index in [0.717, 1.165) is 42.6 Å². The van der Waals surface area contributed by atoms with Crippen LogP contribution in [0.3, 0.4) is 0 Å². The fraction of sp³-hybridized carbons (Fsp3) is 0.450. The second-order valence-electron chi connectivity index (χ2n) is 7.31. The van der Waals surface area contributed by atoms with Crippen molar-refractivity contribution in [3.05, 3.63) is 46.8 Å². The quantitative estimate of drug-likeness (QED) is 0.896. The number of halogens is 1. The summed E-state index contributed by atoms with van der Waals surface area (Å²) in [5, 5.41) is 13.6. The Hall–Kier alpha value is -2.70. The highest BCUT2D eigenvalue weighted by Gasteiger charge is 2.47. The van der Waals surface area contributed by atoms with Gasteiger partial charge in [-0.1, -0.05) is 19.1 Å². The molecule has 2 heterocycles. The van der Waals surface area contributed by atoms with Crippen LogP contribution in [0.15, 0.2) is 24.3 Å². The van der Waals surface area contributed by atoms with Crippen LogP contribution in [-0.4, -0.2) is 50.4 Å². The third-order valence-corrected chi connectivity index (χ3v) is 5.61. The lowest BCUT2D eigenvalue weighted by molar-refractivity contribution is -0.149. The van der Waals surface area contributed by atoms with E-state index in [-0.39, 0.29) is 18.9 Å². The Morgan fingerprint density at radius 1 is 1.26 bits per heavy atom. The second kappa shape index (κ2) is 6.48. The van der Waals surface area contributed by atoms with Crippen molar-refractivity contribution in [1.29, 1.82) is 0 Å². The number of aryl methyl sites for hydroxylation is 1. The molecule has 27 heavy (non-hydrogen) atoms. The number of carbonyl (C=O) groups is 2. The largest absolute Gasteiger partial charge is 0.479 e. The Kier molecular flexibility index (Phi) is 4.25. The maximum atomic E-state index is 14.4. The molecule has 0 spiro atoms. The van der Waals surface area contributed by atoms with Crippen molar-refractivity contribution in [2.75, 3.05) is 13.1 Å². The van der Waals surface area contributed by atoms with Crippen molar-refractivity contribution in [3.8, 4) is 5.69 Å². The molecule has 1 unspecified atom stereocenters. The fourth-order valence-electron chi connectivity index (χ4n) is 3.97. The number of hydrogen-bond donors (Lipinski definition) is 1. The number of benzene rings is 1. The fourth-order valence-corrected chi connectivity index (χ4v) is 3.97. The molecule has 0 saturated carbocycles. The molecule has 1 N–H and O–H groups in total. The summed E-state index contributed by atoms with van der Waals surface area (Å²) in [7, 11) is 0. The summed E-state index contributed by atoms with van der Waals surface area (Å²) in [6, 6.07) is 8.08. The number of amides is 1. The highest BCUT2D eigenvalue weighted by atomic mass is 19.1. The first-order chi connectivity index (χ1) is 12.9. The van der Waals surface area contributed by atoms with Crippen molar-refractivity contribution in [2.45, 2.75) is 44.7 Å². The topological polar surface area (TPSA) is 75.4 Å². The SMILES string of the molecule is CCc1ccc(-n2nc(C(=O)N3CCC(F)(C(=O)O)C3)c3c2CCC3)cc1. The van der Waals surface area contributed by atoms with Crippen LogP contribution < -0.4 is 0 Å². The van der Waals surface area contributed by atoms with E-state index in [0.29, 0.717) is 5.69 Å². The van der Waals surface area contributed by atoms with Crippen LogP contribution in [0.4, 0.5) is 4.39 Å². The summed E-state index contributed by atoms with van der Waals surface area (Å²) in [5.74, 6) is -1.89. The molecule has 0 radical (unpaired) electrons. The molecule has 2 aliphatic rings. The molecule has 0 bridgehead atoms. The number of likely N-dealkylation sites (tertiary alicyclic amines) is 1. The van der Waals surface area contributed by atoms with Crippen molar-refractivity contribution >= 4 is 11.9 Å². The molecular weight excluding hydrogens is 349 g/mol. The lowest BCUT2D eigenvalue weighted by Crippen LogP contribution is -2.39. The third kappa shape index (κ3) is 2.91. The predicted octanol–water partition coefficient (Wildman–Crippen LogP) is 2.56. The van der Waals surface area contributed by atoms with Gasteiger partial charge in [-0.2, -0.15) is 5.10 Å². The van der Waals surface area contributed by atoms with Crippen LogP contribution >= 0.6 is 0 Å². The van der Waals surface area contributed by atoms with Gasteiger partial charge in [0, 0.05) is 24.2 Å². The maximum Gasteiger partial charge on any atom is 0.343 e. The Labute approximate surface area is 156 Å². The van der Waals surface area contributed by atoms with Crippen LogP contribution in [0, 0.1) is 0 Å². The lowest BCUT2D eigenvalue weighted by Gasteiger charge is -2.17. The van der Waals surface area contributed by atoms with Gasteiger partial charge in [0.05, 0.1) is 12.2 Å². The number of carboxylic acid groups (broad SMARTS) is 1. The molecule has 1 saturated heterocycles. The number of aromatic nitrogens is 2. The average molecular weight is 371 g/mol. The molecule has 1 amide bonds. The zero-order valence-corrected chi connectivity index (χ0v) is 15.2. The summed E-state index contributed by atoms with van der Waals surface area (Å²) >= 11 is 0. The maximum absolute atomic E-state index is 14.4. The monoisotopic (exact) mass is 371 g/mol. The molecule has 6 nitrogen and oxygen atoms in total. The zero-order chi connectivity index (χ0) is 19.2. The van der Waals surface area contributed by atoms with E-state index in [4.69, 9.17) is 5.11 Å². The van der Waals surface area contributed by atoms with Gasteiger partial charge in [-0.25, -0.2) is 13.9 Å². The van der Waals surface area contributed by atoms with Crippen molar-refractivity contribution < 1.29 is 19.1 Å². The number of carbonyl (C=O) groups excluding carboxylic acids is 1. The number of nitrogens with zero attached hydrogens (tertiary/aromatic N) is 3. The summed E-state index contributed by atoms with van der Waals surface area (Å²) in [5.41, 5.74) is 2.02. The molecule has 4 rings (SSSR count). The molecule has 2 aromatic rings. The minimum Gasteiger partial charge on any atom is -0.479 e. The van der Waals surface area contributed by atoms with Gasteiger partial charge in [0.2, 0.25) is 5.67 Å². The molecule has 1 aromatic heterocycles. The number of rotatable bonds is 4. The highest BCUT2D eigenvalue weighted by Crippen LogP contribution is 2.31. The molecule has 1 aromatic carbocycles. The first-order valence-electron chi connectivity index (χ1n) is 9.34. The van der Waals surface area contributed by atoms with Gasteiger partial charge < -0.3 is 10.0 Å². The van der Waals surface area contributed by atoms with E-state index in [1.165, 1.54) is 10.5 Å². The van der Waals surface area contributed by atoms with E-state index in [9.17, 15) is 14.0 Å².